The summed E-state index contributed by atoms with van der Waals surface area (Å²) < 4.78 is 19.6. The molecule has 4 atom stereocenters. The number of anilines is 2. The van der Waals surface area contributed by atoms with E-state index in [-0.39, 0.29) is 49.3 Å². The molecule has 3 heterocycles. The van der Waals surface area contributed by atoms with Crippen molar-refractivity contribution in [3.63, 3.8) is 0 Å². The van der Waals surface area contributed by atoms with Crippen LogP contribution in [0, 0.1) is 11.7 Å². The van der Waals surface area contributed by atoms with Crippen molar-refractivity contribution in [3.05, 3.63) is 94.3 Å². The van der Waals surface area contributed by atoms with E-state index >= 15 is 0 Å². The Kier molecular flexibility index (Phi) is 15.3. The Bertz CT molecular complexity index is 2500. The predicted molar refractivity (Wildman–Crippen MR) is 246 cm³/mol. The SMILES string of the molecule is CC(=O)Nc1ccc2c(c1)CC[C@@]21OC(=O)N(CC(=O)N(Cc2ccc(F)cc2)[C@H](C)CC(CCCCCCCCCCNc2ccc3c(c2)C(=O)N(C2CCC(=O)NC2=O)C3=O)C(N)=O)C1=O. The van der Waals surface area contributed by atoms with Crippen LogP contribution < -0.4 is 21.7 Å². The molecule has 1 aliphatic carbocycles. The monoisotopic (exact) mass is 935 g/mol. The van der Waals surface area contributed by atoms with Gasteiger partial charge in [-0.3, -0.25) is 48.6 Å². The van der Waals surface area contributed by atoms with Gasteiger partial charge in [0.25, 0.3) is 17.7 Å². The maximum Gasteiger partial charge on any atom is 0.418 e. The fraction of sp³-hybridized carbons (Fsp3) is 0.460. The number of halogens is 1. The standard InChI is InChI=1S/C50H58FN7O10/c1-30(56(28-32-12-14-35(51)15-13-32)43(61)29-57-48(66)50(68-49(57)67)23-22-33-26-37(54-31(2)59)17-19-40(33)50)25-34(44(52)62)11-9-7-5-3-4-6-8-10-24-53-36-16-18-38-39(27-36)47(65)58(46(38)64)41-20-21-42(60)55-45(41)63/h12-19,26-27,30,34,41,53H,3-11,20-25,28-29H2,1-2H3,(H2,52,62)(H,54,59)(H,55,60,63)/t30-,34?,41?,50-/m1/s1. The molecule has 9 amide bonds. The molecule has 0 radical (unpaired) electrons. The van der Waals surface area contributed by atoms with E-state index in [0.29, 0.717) is 41.9 Å². The van der Waals surface area contributed by atoms with Crippen molar-refractivity contribution in [1.82, 2.24) is 20.0 Å². The molecule has 0 aromatic heterocycles. The van der Waals surface area contributed by atoms with Gasteiger partial charge in [-0.15, -0.1) is 0 Å². The number of aryl methyl sites for hydroxylation is 1. The minimum absolute atomic E-state index is 0.0308. The number of fused-ring (bicyclic) bond motifs is 3. The van der Waals surface area contributed by atoms with Crippen LogP contribution in [0.3, 0.4) is 0 Å². The molecule has 0 bridgehead atoms. The smallest absolute Gasteiger partial charge is 0.418 e. The highest BCUT2D eigenvalue weighted by Gasteiger charge is 2.58. The predicted octanol–water partition coefficient (Wildman–Crippen LogP) is 5.84. The maximum atomic E-state index is 14.1. The largest absolute Gasteiger partial charge is 0.427 e. The molecule has 2 fully saturated rings. The molecule has 3 aliphatic heterocycles. The van der Waals surface area contributed by atoms with E-state index in [9.17, 15) is 47.5 Å². The molecule has 68 heavy (non-hydrogen) atoms. The molecule has 360 valence electrons. The lowest BCUT2D eigenvalue weighted by atomic mass is 9.92. The van der Waals surface area contributed by atoms with E-state index in [1.54, 1.807) is 55.5 Å². The van der Waals surface area contributed by atoms with Gasteiger partial charge in [-0.05, 0) is 92.6 Å². The highest BCUT2D eigenvalue weighted by molar-refractivity contribution is 6.23. The zero-order chi connectivity index (χ0) is 48.7. The van der Waals surface area contributed by atoms with Crippen molar-refractivity contribution in [2.24, 2.45) is 11.7 Å². The van der Waals surface area contributed by atoms with E-state index in [2.05, 4.69) is 16.0 Å². The molecular formula is C50H58FN7O10. The Hall–Kier alpha value is -6.98. The van der Waals surface area contributed by atoms with Gasteiger partial charge in [-0.2, -0.15) is 0 Å². The van der Waals surface area contributed by atoms with Crippen molar-refractivity contribution >= 4 is 64.7 Å². The van der Waals surface area contributed by atoms with Crippen LogP contribution in [0.5, 0.6) is 0 Å². The quantitative estimate of drug-likeness (QED) is 0.0690. The highest BCUT2D eigenvalue weighted by atomic mass is 19.1. The van der Waals surface area contributed by atoms with Crippen LogP contribution in [-0.2, 0) is 52.1 Å². The van der Waals surface area contributed by atoms with Crippen LogP contribution >= 0.6 is 0 Å². The summed E-state index contributed by atoms with van der Waals surface area (Å²) >= 11 is 0. The molecular weight excluding hydrogens is 878 g/mol. The third-order valence-electron chi connectivity index (χ3n) is 13.4. The second-order valence-electron chi connectivity index (χ2n) is 18.2. The number of piperidine rings is 1. The van der Waals surface area contributed by atoms with Crippen LogP contribution in [0.25, 0.3) is 0 Å². The number of nitrogens with zero attached hydrogens (tertiary/aromatic N) is 3. The van der Waals surface area contributed by atoms with Gasteiger partial charge in [-0.1, -0.05) is 63.1 Å². The van der Waals surface area contributed by atoms with E-state index in [4.69, 9.17) is 10.5 Å². The summed E-state index contributed by atoms with van der Waals surface area (Å²) in [4.78, 5) is 119. The summed E-state index contributed by atoms with van der Waals surface area (Å²) in [6.45, 7) is 3.27. The number of ether oxygens (including phenoxy) is 1. The third-order valence-corrected chi connectivity index (χ3v) is 13.4. The number of carbonyl (C=O) groups excluding carboxylic acids is 9. The van der Waals surface area contributed by atoms with Crippen molar-refractivity contribution in [2.45, 2.75) is 128 Å². The van der Waals surface area contributed by atoms with Crippen LogP contribution in [0.1, 0.15) is 135 Å². The molecule has 17 nitrogen and oxygen atoms in total. The number of nitrogens with two attached hydrogens (primary N) is 1. The van der Waals surface area contributed by atoms with E-state index in [1.165, 1.54) is 24.0 Å². The number of rotatable bonds is 22. The van der Waals surface area contributed by atoms with E-state index in [1.807, 2.05) is 0 Å². The number of amides is 9. The number of unbranched alkanes of at least 4 members (excludes halogenated alkanes) is 7. The molecule has 2 saturated heterocycles. The Labute approximate surface area is 393 Å². The van der Waals surface area contributed by atoms with E-state index in [0.717, 1.165) is 66.7 Å². The van der Waals surface area contributed by atoms with Crippen LogP contribution in [-0.4, -0.2) is 93.2 Å². The average Bonchev–Trinajstić information content (AvgIpc) is 3.87. The summed E-state index contributed by atoms with van der Waals surface area (Å²) in [5.41, 5.74) is 7.88. The fourth-order valence-electron chi connectivity index (χ4n) is 9.74. The van der Waals surface area contributed by atoms with Gasteiger partial charge in [-0.25, -0.2) is 14.1 Å². The summed E-state index contributed by atoms with van der Waals surface area (Å²) in [6, 6.07) is 14.1. The number of benzene rings is 3. The van der Waals surface area contributed by atoms with Gasteiger partial charge in [0.1, 0.15) is 18.4 Å². The normalized spacial score (nSPS) is 19.4. The molecule has 3 aromatic rings. The van der Waals surface area contributed by atoms with Gasteiger partial charge in [0.05, 0.1) is 11.1 Å². The topological polar surface area (TPSA) is 235 Å². The highest BCUT2D eigenvalue weighted by Crippen LogP contribution is 2.46. The molecule has 7 rings (SSSR count). The number of carbonyl (C=O) groups is 9. The lowest BCUT2D eigenvalue weighted by molar-refractivity contribution is -0.143. The molecule has 18 heteroatoms. The molecule has 4 aliphatic rings. The zero-order valence-corrected chi connectivity index (χ0v) is 38.4. The first-order valence-electron chi connectivity index (χ1n) is 23.4. The van der Waals surface area contributed by atoms with Gasteiger partial charge < -0.3 is 26.0 Å². The second kappa shape index (κ2) is 21.3. The average molecular weight is 936 g/mol. The summed E-state index contributed by atoms with van der Waals surface area (Å²) in [7, 11) is 0. The third kappa shape index (κ3) is 10.9. The first kappa shape index (κ1) is 48.9. The second-order valence-corrected chi connectivity index (χ2v) is 18.2. The van der Waals surface area contributed by atoms with Crippen LogP contribution in [0.2, 0.25) is 0 Å². The van der Waals surface area contributed by atoms with Crippen molar-refractivity contribution < 1.29 is 52.3 Å². The summed E-state index contributed by atoms with van der Waals surface area (Å²) in [5, 5.41) is 8.23. The Morgan fingerprint density at radius 1 is 0.868 bits per heavy atom. The molecule has 0 saturated carbocycles. The summed E-state index contributed by atoms with van der Waals surface area (Å²) in [6.07, 6.45) is 8.11. The molecule has 2 unspecified atom stereocenters. The summed E-state index contributed by atoms with van der Waals surface area (Å²) in [5.74, 6) is -5.11. The lowest BCUT2D eigenvalue weighted by Crippen LogP contribution is -2.54. The number of hydrogen-bond acceptors (Lipinski definition) is 11. The number of hydrogen-bond donors (Lipinski definition) is 4. The first-order valence-corrected chi connectivity index (χ1v) is 23.4. The van der Waals surface area contributed by atoms with Crippen molar-refractivity contribution in [1.29, 1.82) is 0 Å². The van der Waals surface area contributed by atoms with Crippen molar-refractivity contribution in [2.75, 3.05) is 23.7 Å². The number of imide groups is 3. The van der Waals surface area contributed by atoms with Gasteiger partial charge in [0.2, 0.25) is 35.1 Å². The Morgan fingerprint density at radius 2 is 1.54 bits per heavy atom. The van der Waals surface area contributed by atoms with Gasteiger partial charge in [0.15, 0.2) is 0 Å². The van der Waals surface area contributed by atoms with Gasteiger partial charge >= 0.3 is 6.09 Å². The van der Waals surface area contributed by atoms with Crippen molar-refractivity contribution in [3.8, 4) is 0 Å². The molecule has 1 spiro atoms. The van der Waals surface area contributed by atoms with Crippen LogP contribution in [0.15, 0.2) is 60.7 Å². The Balaban J connectivity index is 0.841. The fourth-order valence-corrected chi connectivity index (χ4v) is 9.74. The Morgan fingerprint density at radius 3 is 2.24 bits per heavy atom. The molecule has 3 aromatic carbocycles. The maximum absolute atomic E-state index is 14.1. The zero-order valence-electron chi connectivity index (χ0n) is 38.4. The number of nitrogens with one attached hydrogen (secondary N) is 3. The minimum Gasteiger partial charge on any atom is -0.427 e. The van der Waals surface area contributed by atoms with Crippen LogP contribution in [0.4, 0.5) is 20.6 Å². The number of primary amides is 1. The minimum atomic E-state index is -1.59. The lowest BCUT2D eigenvalue weighted by Gasteiger charge is -2.32. The van der Waals surface area contributed by atoms with Gasteiger partial charge in [0, 0.05) is 61.8 Å². The first-order chi connectivity index (χ1) is 32.6. The molecule has 5 N–H and O–H groups in total. The van der Waals surface area contributed by atoms with E-state index < -0.39 is 83.4 Å².